The average Bonchev–Trinajstić information content (AvgIpc) is 3.14. The summed E-state index contributed by atoms with van der Waals surface area (Å²) in [5.41, 5.74) is 3.64. The monoisotopic (exact) mass is 352 g/mol. The van der Waals surface area contributed by atoms with Crippen LogP contribution in [0.25, 0.3) is 11.0 Å². The normalized spacial score (nSPS) is 15.6. The van der Waals surface area contributed by atoms with Crippen molar-refractivity contribution in [3.63, 3.8) is 0 Å². The van der Waals surface area contributed by atoms with Crippen molar-refractivity contribution < 1.29 is 14.2 Å². The van der Waals surface area contributed by atoms with Crippen molar-refractivity contribution in [3.8, 4) is 5.75 Å². The van der Waals surface area contributed by atoms with Crippen LogP contribution < -0.4 is 4.74 Å². The average molecular weight is 352 g/mol. The third-order valence-corrected chi connectivity index (χ3v) is 4.69. The van der Waals surface area contributed by atoms with Crippen molar-refractivity contribution >= 4 is 16.9 Å². The van der Waals surface area contributed by atoms with E-state index in [-0.39, 0.29) is 5.91 Å². The van der Waals surface area contributed by atoms with Crippen LogP contribution in [0.2, 0.25) is 0 Å². The van der Waals surface area contributed by atoms with Gasteiger partial charge >= 0.3 is 0 Å². The number of hydrogen-bond donors (Lipinski definition) is 0. The van der Waals surface area contributed by atoms with E-state index in [4.69, 9.17) is 9.37 Å². The fourth-order valence-electron chi connectivity index (χ4n) is 3.24. The zero-order valence-electron chi connectivity index (χ0n) is 14.6. The Morgan fingerprint density at radius 1 is 1.08 bits per heavy atom. The van der Waals surface area contributed by atoms with Crippen molar-refractivity contribution in [2.45, 2.75) is 13.1 Å². The minimum absolute atomic E-state index is 0.137. The molecule has 0 aliphatic carbocycles. The maximum atomic E-state index is 12.5. The smallest absolute Gasteiger partial charge is 0.237 e. The minimum Gasteiger partial charge on any atom is -0.497 e. The third kappa shape index (κ3) is 3.39. The van der Waals surface area contributed by atoms with Gasteiger partial charge in [0.25, 0.3) is 0 Å². The van der Waals surface area contributed by atoms with Crippen molar-refractivity contribution in [2.75, 3.05) is 26.7 Å². The van der Waals surface area contributed by atoms with Gasteiger partial charge in [0.05, 0.1) is 13.7 Å². The summed E-state index contributed by atoms with van der Waals surface area (Å²) >= 11 is 0. The Balaban J connectivity index is 1.38. The van der Waals surface area contributed by atoms with Gasteiger partial charge in [-0.15, -0.1) is 0 Å². The maximum absolute atomic E-state index is 12.5. The number of amides is 1. The van der Waals surface area contributed by atoms with Gasteiger partial charge in [-0.3, -0.25) is 9.69 Å². The van der Waals surface area contributed by atoms with Gasteiger partial charge in [0, 0.05) is 26.2 Å². The molecule has 0 atom stereocenters. The molecule has 2 aromatic carbocycles. The van der Waals surface area contributed by atoms with Crippen LogP contribution in [0.5, 0.6) is 5.75 Å². The molecule has 1 fully saturated rings. The number of hydrogen-bond acceptors (Lipinski definition) is 6. The summed E-state index contributed by atoms with van der Waals surface area (Å²) in [6, 6.07) is 13.6. The second-order valence-corrected chi connectivity index (χ2v) is 6.42. The van der Waals surface area contributed by atoms with Crippen LogP contribution in [0.4, 0.5) is 0 Å². The van der Waals surface area contributed by atoms with E-state index >= 15 is 0 Å². The van der Waals surface area contributed by atoms with Crippen molar-refractivity contribution in [3.05, 3.63) is 53.6 Å². The Labute approximate surface area is 151 Å². The highest BCUT2D eigenvalue weighted by molar-refractivity contribution is 5.79. The zero-order chi connectivity index (χ0) is 17.9. The van der Waals surface area contributed by atoms with Gasteiger partial charge in [0.1, 0.15) is 16.8 Å². The van der Waals surface area contributed by atoms with Gasteiger partial charge in [0.15, 0.2) is 0 Å². The topological polar surface area (TPSA) is 71.7 Å². The van der Waals surface area contributed by atoms with Gasteiger partial charge in [0.2, 0.25) is 5.91 Å². The van der Waals surface area contributed by atoms with Gasteiger partial charge in [-0.1, -0.05) is 24.3 Å². The molecule has 1 aliphatic heterocycles. The predicted octanol–water partition coefficient (Wildman–Crippen LogP) is 2.08. The lowest BCUT2D eigenvalue weighted by atomic mass is 10.1. The quantitative estimate of drug-likeness (QED) is 0.700. The van der Waals surface area contributed by atoms with Crippen LogP contribution in [-0.4, -0.2) is 52.8 Å². The first kappa shape index (κ1) is 16.5. The summed E-state index contributed by atoms with van der Waals surface area (Å²) in [7, 11) is 1.65. The number of carbonyl (C=O) groups excluding carboxylic acids is 1. The lowest BCUT2D eigenvalue weighted by Gasteiger charge is -2.34. The first-order valence-corrected chi connectivity index (χ1v) is 8.56. The molecule has 26 heavy (non-hydrogen) atoms. The zero-order valence-corrected chi connectivity index (χ0v) is 14.6. The lowest BCUT2D eigenvalue weighted by molar-refractivity contribution is -0.136. The molecule has 1 aromatic heterocycles. The molecule has 0 bridgehead atoms. The molecular weight excluding hydrogens is 332 g/mol. The Morgan fingerprint density at radius 2 is 1.92 bits per heavy atom. The van der Waals surface area contributed by atoms with E-state index in [0.717, 1.165) is 34.5 Å². The van der Waals surface area contributed by atoms with Crippen LogP contribution in [0.15, 0.2) is 47.1 Å². The molecule has 1 aliphatic rings. The van der Waals surface area contributed by atoms with E-state index in [9.17, 15) is 4.79 Å². The molecule has 7 nitrogen and oxygen atoms in total. The number of nitrogens with zero attached hydrogens (tertiary/aromatic N) is 4. The molecule has 2 heterocycles. The standard InChI is InChI=1S/C19H20N4O3/c1-25-16-7-5-14(6-8-16)11-23-10-9-22(13-18(23)24)12-15-3-2-4-17-19(15)21-26-20-17/h2-8H,9-13H2,1H3. The molecule has 1 amide bonds. The van der Waals surface area contributed by atoms with Gasteiger partial charge in [-0.05, 0) is 39.6 Å². The number of rotatable bonds is 5. The second kappa shape index (κ2) is 7.13. The van der Waals surface area contributed by atoms with Crippen LogP contribution in [0.1, 0.15) is 11.1 Å². The summed E-state index contributed by atoms with van der Waals surface area (Å²) in [6.45, 7) is 3.21. The molecule has 7 heteroatoms. The second-order valence-electron chi connectivity index (χ2n) is 6.42. The summed E-state index contributed by atoms with van der Waals surface area (Å²) < 4.78 is 9.99. The molecule has 0 saturated carbocycles. The predicted molar refractivity (Wildman–Crippen MR) is 95.5 cm³/mol. The number of piperazine rings is 1. The molecule has 0 spiro atoms. The highest BCUT2D eigenvalue weighted by Gasteiger charge is 2.24. The van der Waals surface area contributed by atoms with Crippen molar-refractivity contribution in [1.29, 1.82) is 0 Å². The first-order chi connectivity index (χ1) is 12.7. The molecule has 134 valence electrons. The van der Waals surface area contributed by atoms with Crippen molar-refractivity contribution in [1.82, 2.24) is 20.1 Å². The largest absolute Gasteiger partial charge is 0.497 e. The summed E-state index contributed by atoms with van der Waals surface area (Å²) in [6.07, 6.45) is 0. The Kier molecular flexibility index (Phi) is 4.53. The fraction of sp³-hybridized carbons (Fsp3) is 0.316. The number of ether oxygens (including phenoxy) is 1. The number of fused-ring (bicyclic) bond motifs is 1. The lowest BCUT2D eigenvalue weighted by Crippen LogP contribution is -2.49. The molecule has 0 radical (unpaired) electrons. The number of methoxy groups -OCH3 is 1. The van der Waals surface area contributed by atoms with E-state index in [1.165, 1.54) is 0 Å². The molecule has 1 saturated heterocycles. The fourth-order valence-corrected chi connectivity index (χ4v) is 3.24. The van der Waals surface area contributed by atoms with E-state index in [0.29, 0.717) is 26.2 Å². The third-order valence-electron chi connectivity index (χ3n) is 4.69. The summed E-state index contributed by atoms with van der Waals surface area (Å²) in [4.78, 5) is 16.6. The number of benzene rings is 2. The minimum atomic E-state index is 0.137. The van der Waals surface area contributed by atoms with E-state index in [2.05, 4.69) is 15.2 Å². The van der Waals surface area contributed by atoms with Crippen molar-refractivity contribution in [2.24, 2.45) is 0 Å². The number of carbonyl (C=O) groups is 1. The Hall–Kier alpha value is -2.93. The van der Waals surface area contributed by atoms with Crippen LogP contribution in [0, 0.1) is 0 Å². The highest BCUT2D eigenvalue weighted by Crippen LogP contribution is 2.19. The molecule has 0 N–H and O–H groups in total. The maximum Gasteiger partial charge on any atom is 0.237 e. The highest BCUT2D eigenvalue weighted by atomic mass is 16.6. The molecule has 0 unspecified atom stereocenters. The Morgan fingerprint density at radius 3 is 2.69 bits per heavy atom. The van der Waals surface area contributed by atoms with E-state index in [1.807, 2.05) is 47.4 Å². The Bertz CT molecular complexity index is 907. The first-order valence-electron chi connectivity index (χ1n) is 8.56. The summed E-state index contributed by atoms with van der Waals surface area (Å²) in [5.74, 6) is 0.957. The van der Waals surface area contributed by atoms with Crippen LogP contribution in [-0.2, 0) is 17.9 Å². The number of aromatic nitrogens is 2. The van der Waals surface area contributed by atoms with Gasteiger partial charge in [-0.25, -0.2) is 4.63 Å². The van der Waals surface area contributed by atoms with E-state index in [1.54, 1.807) is 7.11 Å². The molecule has 3 aromatic rings. The summed E-state index contributed by atoms with van der Waals surface area (Å²) in [5, 5.41) is 7.84. The van der Waals surface area contributed by atoms with Gasteiger partial charge < -0.3 is 9.64 Å². The molecular formula is C19H20N4O3. The van der Waals surface area contributed by atoms with Crippen LogP contribution >= 0.6 is 0 Å². The molecule has 4 rings (SSSR count). The van der Waals surface area contributed by atoms with E-state index < -0.39 is 0 Å². The SMILES string of the molecule is COc1ccc(CN2CCN(Cc3cccc4nonc34)CC2=O)cc1. The van der Waals surface area contributed by atoms with Gasteiger partial charge in [-0.2, -0.15) is 0 Å². The van der Waals surface area contributed by atoms with Crippen LogP contribution in [0.3, 0.4) is 0 Å².